The number of hydrogen-bond donors (Lipinski definition) is 0. The summed E-state index contributed by atoms with van der Waals surface area (Å²) >= 11 is 9.83. The summed E-state index contributed by atoms with van der Waals surface area (Å²) in [4.78, 5) is 0. The highest BCUT2D eigenvalue weighted by atomic mass is 127. The van der Waals surface area contributed by atoms with Crippen LogP contribution in [-0.4, -0.2) is 0 Å². The van der Waals surface area contributed by atoms with E-state index in [1.165, 1.54) is 79.6 Å². The highest BCUT2D eigenvalue weighted by Gasteiger charge is 2.16. The second kappa shape index (κ2) is 13.2. The van der Waals surface area contributed by atoms with E-state index in [0.29, 0.717) is 0 Å². The van der Waals surface area contributed by atoms with Gasteiger partial charge in [-0.1, -0.05) is 121 Å². The van der Waals surface area contributed by atoms with Gasteiger partial charge in [-0.05, 0) is 158 Å². The summed E-state index contributed by atoms with van der Waals surface area (Å²) in [6.07, 6.45) is 0. The van der Waals surface area contributed by atoms with Gasteiger partial charge in [0, 0.05) is 36.5 Å². The molecule has 0 saturated carbocycles. The van der Waals surface area contributed by atoms with Gasteiger partial charge in [0.2, 0.25) is 0 Å². The minimum Gasteiger partial charge on any atom is -0.0616 e. The first-order valence-corrected chi connectivity index (χ1v) is 18.5. The number of benzene rings is 8. The largest absolute Gasteiger partial charge is 0.0616 e. The predicted molar refractivity (Wildman–Crippen MR) is 225 cm³/mol. The molecular weight excluding hydrogens is 988 g/mol. The fourth-order valence-electron chi connectivity index (χ4n) is 6.00. The van der Waals surface area contributed by atoms with Gasteiger partial charge in [0.1, 0.15) is 0 Å². The Labute approximate surface area is 311 Å². The smallest absolute Gasteiger partial charge is 0.0215 e. The molecule has 0 nitrogen and oxygen atoms in total. The maximum absolute atomic E-state index is 2.46. The Hall–Kier alpha value is -2.28. The average molecular weight is 1010 g/mol. The molecule has 0 unspecified atom stereocenters. The van der Waals surface area contributed by atoms with Crippen LogP contribution in [0.15, 0.2) is 146 Å². The topological polar surface area (TPSA) is 0 Å². The molecule has 8 aromatic carbocycles. The SMILES string of the molecule is Ic1ccc2ccccc2c1-c1c(I)ccc2ccccc12.Ic1ccc2ccccc2c1-c1c(I)ccc2ccccc12. The van der Waals surface area contributed by atoms with Crippen molar-refractivity contribution >= 4 is 133 Å². The lowest BCUT2D eigenvalue weighted by molar-refractivity contribution is 1.62. The normalized spacial score (nSPS) is 11.2. The Balaban J connectivity index is 0.000000142. The lowest BCUT2D eigenvalue weighted by atomic mass is 9.94. The van der Waals surface area contributed by atoms with Crippen LogP contribution in [0.2, 0.25) is 0 Å². The number of hydrogen-bond acceptors (Lipinski definition) is 0. The van der Waals surface area contributed by atoms with Crippen LogP contribution in [0.25, 0.3) is 65.3 Å². The Kier molecular flexibility index (Phi) is 9.12. The molecule has 0 amide bonds. The number of halogens is 4. The first kappa shape index (κ1) is 30.4. The van der Waals surface area contributed by atoms with E-state index in [9.17, 15) is 0 Å². The van der Waals surface area contributed by atoms with Crippen LogP contribution in [0.3, 0.4) is 0 Å². The third-order valence-electron chi connectivity index (χ3n) is 8.01. The van der Waals surface area contributed by atoms with Crippen molar-refractivity contribution in [2.45, 2.75) is 0 Å². The van der Waals surface area contributed by atoms with Gasteiger partial charge in [-0.15, -0.1) is 0 Å². The Bertz CT molecular complexity index is 2010. The molecule has 44 heavy (non-hydrogen) atoms. The lowest BCUT2D eigenvalue weighted by Gasteiger charge is -2.14. The summed E-state index contributed by atoms with van der Waals surface area (Å²) in [5, 5.41) is 10.5. The third-order valence-corrected chi connectivity index (χ3v) is 11.6. The molecule has 0 radical (unpaired) electrons. The van der Waals surface area contributed by atoms with Gasteiger partial charge in [-0.25, -0.2) is 0 Å². The van der Waals surface area contributed by atoms with E-state index in [-0.39, 0.29) is 0 Å². The summed E-state index contributed by atoms with van der Waals surface area (Å²) in [6, 6.07) is 52.3. The fourth-order valence-corrected chi connectivity index (χ4v) is 8.96. The van der Waals surface area contributed by atoms with E-state index < -0.39 is 0 Å². The molecular formula is C40H24I4. The molecule has 0 saturated heterocycles. The van der Waals surface area contributed by atoms with Crippen molar-refractivity contribution in [3.63, 3.8) is 0 Å². The first-order chi connectivity index (χ1) is 21.5. The predicted octanol–water partition coefficient (Wildman–Crippen LogP) is 13.7. The second-order valence-corrected chi connectivity index (χ2v) is 15.2. The van der Waals surface area contributed by atoms with Crippen LogP contribution in [0.5, 0.6) is 0 Å². The molecule has 4 heteroatoms. The molecule has 0 heterocycles. The van der Waals surface area contributed by atoms with Crippen LogP contribution in [0, 0.1) is 14.3 Å². The van der Waals surface area contributed by atoms with Gasteiger partial charge in [-0.2, -0.15) is 0 Å². The molecule has 0 aliphatic heterocycles. The maximum atomic E-state index is 2.46. The van der Waals surface area contributed by atoms with E-state index in [2.05, 4.69) is 236 Å². The van der Waals surface area contributed by atoms with E-state index in [4.69, 9.17) is 0 Å². The van der Waals surface area contributed by atoms with Crippen molar-refractivity contribution in [2.24, 2.45) is 0 Å². The van der Waals surface area contributed by atoms with Crippen molar-refractivity contribution < 1.29 is 0 Å². The lowest BCUT2D eigenvalue weighted by Crippen LogP contribution is -1.91. The monoisotopic (exact) mass is 1010 g/mol. The third kappa shape index (κ3) is 5.76. The maximum Gasteiger partial charge on any atom is 0.0215 e. The van der Waals surface area contributed by atoms with Gasteiger partial charge in [-0.3, -0.25) is 0 Å². The van der Waals surface area contributed by atoms with Gasteiger partial charge < -0.3 is 0 Å². The highest BCUT2D eigenvalue weighted by Crippen LogP contribution is 2.41. The van der Waals surface area contributed by atoms with Crippen molar-refractivity contribution in [3.8, 4) is 22.3 Å². The highest BCUT2D eigenvalue weighted by molar-refractivity contribution is 14.1. The molecule has 0 aromatic heterocycles. The zero-order valence-corrected chi connectivity index (χ0v) is 32.0. The molecule has 0 N–H and O–H groups in total. The molecule has 212 valence electrons. The average Bonchev–Trinajstić information content (AvgIpc) is 3.06. The standard InChI is InChI=1S/2C20H12I2/c2*21-17-11-9-13-5-1-3-7-15(13)19(17)20-16-8-4-2-6-14(16)10-12-18(20)22/h2*1-12H. The summed E-state index contributed by atoms with van der Waals surface area (Å²) < 4.78 is 5.19. The van der Waals surface area contributed by atoms with Crippen LogP contribution < -0.4 is 0 Å². The summed E-state index contributed by atoms with van der Waals surface area (Å²) in [5.74, 6) is 0. The molecule has 0 atom stereocenters. The van der Waals surface area contributed by atoms with Gasteiger partial charge in [0.25, 0.3) is 0 Å². The van der Waals surface area contributed by atoms with Crippen LogP contribution in [0.4, 0.5) is 0 Å². The molecule has 0 bridgehead atoms. The Morgan fingerprint density at radius 2 is 0.432 bits per heavy atom. The van der Waals surface area contributed by atoms with Crippen molar-refractivity contribution in [3.05, 3.63) is 160 Å². The number of rotatable bonds is 2. The van der Waals surface area contributed by atoms with Crippen LogP contribution >= 0.6 is 90.4 Å². The van der Waals surface area contributed by atoms with E-state index in [1.54, 1.807) is 0 Å². The molecule has 0 aliphatic rings. The first-order valence-electron chi connectivity index (χ1n) is 14.2. The van der Waals surface area contributed by atoms with Crippen LogP contribution in [-0.2, 0) is 0 Å². The molecule has 0 fully saturated rings. The van der Waals surface area contributed by atoms with Crippen molar-refractivity contribution in [2.75, 3.05) is 0 Å². The molecule has 8 aromatic rings. The van der Waals surface area contributed by atoms with Gasteiger partial charge in [0.05, 0.1) is 0 Å². The van der Waals surface area contributed by atoms with E-state index in [0.717, 1.165) is 0 Å². The Morgan fingerprint density at radius 3 is 0.659 bits per heavy atom. The minimum absolute atomic E-state index is 1.29. The molecule has 0 spiro atoms. The zero-order chi connectivity index (χ0) is 30.2. The second-order valence-electron chi connectivity index (χ2n) is 10.6. The van der Waals surface area contributed by atoms with Gasteiger partial charge in [0.15, 0.2) is 0 Å². The Morgan fingerprint density at radius 1 is 0.227 bits per heavy atom. The zero-order valence-electron chi connectivity index (χ0n) is 23.4. The van der Waals surface area contributed by atoms with E-state index >= 15 is 0 Å². The summed E-state index contributed by atoms with van der Waals surface area (Å²) in [5.41, 5.74) is 5.39. The minimum atomic E-state index is 1.29. The van der Waals surface area contributed by atoms with Crippen LogP contribution in [0.1, 0.15) is 0 Å². The van der Waals surface area contributed by atoms with E-state index in [1.807, 2.05) is 0 Å². The van der Waals surface area contributed by atoms with Gasteiger partial charge >= 0.3 is 0 Å². The molecule has 8 rings (SSSR count). The van der Waals surface area contributed by atoms with Crippen molar-refractivity contribution in [1.29, 1.82) is 0 Å². The quantitative estimate of drug-likeness (QED) is 0.151. The fraction of sp³-hybridized carbons (Fsp3) is 0. The van der Waals surface area contributed by atoms with Crippen molar-refractivity contribution in [1.82, 2.24) is 0 Å². The number of fused-ring (bicyclic) bond motifs is 4. The summed E-state index contributed by atoms with van der Waals surface area (Å²) in [7, 11) is 0. The summed E-state index contributed by atoms with van der Waals surface area (Å²) in [6.45, 7) is 0. The molecule has 0 aliphatic carbocycles.